The summed E-state index contributed by atoms with van der Waals surface area (Å²) < 4.78 is 0. The first-order valence-electron chi connectivity index (χ1n) is 6.02. The van der Waals surface area contributed by atoms with E-state index in [1.54, 1.807) is 0 Å². The van der Waals surface area contributed by atoms with Crippen LogP contribution in [0, 0.1) is 5.92 Å². The van der Waals surface area contributed by atoms with Crippen molar-refractivity contribution in [3.63, 3.8) is 0 Å². The fourth-order valence-electron chi connectivity index (χ4n) is 2.29. The number of hydrogen-bond acceptors (Lipinski definition) is 4. The van der Waals surface area contributed by atoms with Gasteiger partial charge in [-0.1, -0.05) is 19.0 Å². The number of oxime groups is 1. The van der Waals surface area contributed by atoms with Crippen LogP contribution in [-0.2, 0) is 0 Å². The van der Waals surface area contributed by atoms with E-state index in [4.69, 9.17) is 10.9 Å². The maximum Gasteiger partial charge on any atom is 0.143 e. The molecule has 1 aliphatic heterocycles. The lowest BCUT2D eigenvalue weighted by atomic mass is 10.1. The van der Waals surface area contributed by atoms with Crippen LogP contribution < -0.4 is 5.73 Å². The van der Waals surface area contributed by atoms with Crippen LogP contribution in [-0.4, -0.2) is 59.6 Å². The Morgan fingerprint density at radius 2 is 2.25 bits per heavy atom. The molecule has 0 aliphatic carbocycles. The Bertz CT molecular complexity index is 244. The van der Waals surface area contributed by atoms with Gasteiger partial charge in [-0.05, 0) is 13.5 Å². The second kappa shape index (κ2) is 6.06. The smallest absolute Gasteiger partial charge is 0.143 e. The molecular formula is C11H24N4O. The number of amidine groups is 1. The molecule has 0 amide bonds. The molecule has 16 heavy (non-hydrogen) atoms. The summed E-state index contributed by atoms with van der Waals surface area (Å²) in [5.41, 5.74) is 5.58. The zero-order valence-electron chi connectivity index (χ0n) is 10.6. The van der Waals surface area contributed by atoms with Crippen LogP contribution in [0.2, 0.25) is 0 Å². The lowest BCUT2D eigenvalue weighted by molar-refractivity contribution is 0.0838. The molecule has 1 rings (SSSR count). The van der Waals surface area contributed by atoms with Crippen LogP contribution in [0.5, 0.6) is 0 Å². The average molecular weight is 228 g/mol. The van der Waals surface area contributed by atoms with Crippen molar-refractivity contribution in [3.05, 3.63) is 0 Å². The van der Waals surface area contributed by atoms with Crippen molar-refractivity contribution in [3.8, 4) is 0 Å². The van der Waals surface area contributed by atoms with Gasteiger partial charge in [-0.25, -0.2) is 0 Å². The van der Waals surface area contributed by atoms with Gasteiger partial charge in [0.05, 0.1) is 0 Å². The van der Waals surface area contributed by atoms with Crippen LogP contribution in [0.25, 0.3) is 0 Å². The van der Waals surface area contributed by atoms with Gasteiger partial charge in [-0.2, -0.15) is 0 Å². The third kappa shape index (κ3) is 3.35. The van der Waals surface area contributed by atoms with E-state index < -0.39 is 0 Å². The fourth-order valence-corrected chi connectivity index (χ4v) is 2.29. The highest BCUT2D eigenvalue weighted by Crippen LogP contribution is 2.10. The minimum Gasteiger partial charge on any atom is -0.409 e. The predicted octanol–water partition coefficient (Wildman–Crippen LogP) is 0.395. The maximum atomic E-state index is 8.60. The maximum absolute atomic E-state index is 8.60. The molecule has 2 atom stereocenters. The second-order valence-corrected chi connectivity index (χ2v) is 4.66. The first-order valence-corrected chi connectivity index (χ1v) is 6.02. The molecule has 0 aromatic heterocycles. The topological polar surface area (TPSA) is 65.1 Å². The minimum atomic E-state index is 0.116. The van der Waals surface area contributed by atoms with Gasteiger partial charge in [0.2, 0.25) is 0 Å². The van der Waals surface area contributed by atoms with E-state index in [1.165, 1.54) is 0 Å². The van der Waals surface area contributed by atoms with Gasteiger partial charge in [-0.3, -0.25) is 9.80 Å². The van der Waals surface area contributed by atoms with E-state index >= 15 is 0 Å². The summed E-state index contributed by atoms with van der Waals surface area (Å²) in [5.74, 6) is 0.441. The Kier molecular flexibility index (Phi) is 5.02. The quantitative estimate of drug-likeness (QED) is 0.316. The molecular weight excluding hydrogens is 204 g/mol. The molecule has 5 heteroatoms. The number of hydrogen-bond donors (Lipinski definition) is 2. The van der Waals surface area contributed by atoms with Crippen molar-refractivity contribution in [2.24, 2.45) is 16.8 Å². The van der Waals surface area contributed by atoms with Gasteiger partial charge in [0.25, 0.3) is 0 Å². The Balaban J connectivity index is 2.41. The molecule has 2 unspecified atom stereocenters. The molecule has 5 nitrogen and oxygen atoms in total. The first kappa shape index (κ1) is 13.3. The number of piperazine rings is 1. The predicted molar refractivity (Wildman–Crippen MR) is 65.7 cm³/mol. The molecule has 1 saturated heterocycles. The molecule has 1 heterocycles. The van der Waals surface area contributed by atoms with E-state index in [0.29, 0.717) is 11.9 Å². The van der Waals surface area contributed by atoms with Crippen molar-refractivity contribution in [1.29, 1.82) is 0 Å². The van der Waals surface area contributed by atoms with Gasteiger partial charge in [0, 0.05) is 38.1 Å². The molecule has 0 saturated carbocycles. The number of rotatable bonds is 4. The summed E-state index contributed by atoms with van der Waals surface area (Å²) in [6.07, 6.45) is 0. The summed E-state index contributed by atoms with van der Waals surface area (Å²) >= 11 is 0. The number of likely N-dealkylation sites (N-methyl/N-ethyl adjacent to an activating group) is 1. The highest BCUT2D eigenvalue weighted by atomic mass is 16.4. The fraction of sp³-hybridized carbons (Fsp3) is 0.909. The molecule has 0 bridgehead atoms. The standard InChI is InChI=1S/C11H24N4O/c1-4-15-6-5-14(8-10(15)3)7-9(2)11(12)13-16/h9-10,16H,4-8H2,1-3H3,(H2,12,13). The van der Waals surface area contributed by atoms with Crippen molar-refractivity contribution >= 4 is 5.84 Å². The summed E-state index contributed by atoms with van der Waals surface area (Å²) in [5, 5.41) is 11.7. The second-order valence-electron chi connectivity index (χ2n) is 4.66. The monoisotopic (exact) mass is 228 g/mol. The van der Waals surface area contributed by atoms with Crippen molar-refractivity contribution in [1.82, 2.24) is 9.80 Å². The summed E-state index contributed by atoms with van der Waals surface area (Å²) in [4.78, 5) is 4.87. The molecule has 0 aromatic carbocycles. The van der Waals surface area contributed by atoms with Gasteiger partial charge in [0.1, 0.15) is 5.84 Å². The lowest BCUT2D eigenvalue weighted by Crippen LogP contribution is -2.53. The molecule has 94 valence electrons. The largest absolute Gasteiger partial charge is 0.409 e. The summed E-state index contributed by atoms with van der Waals surface area (Å²) in [6.45, 7) is 11.7. The highest BCUT2D eigenvalue weighted by molar-refractivity contribution is 5.82. The minimum absolute atomic E-state index is 0.116. The van der Waals surface area contributed by atoms with E-state index in [0.717, 1.165) is 32.7 Å². The Hall–Kier alpha value is -0.810. The SMILES string of the molecule is CCN1CCN(CC(C)C(N)=NO)CC1C. The van der Waals surface area contributed by atoms with E-state index in [2.05, 4.69) is 28.8 Å². The zero-order chi connectivity index (χ0) is 12.1. The van der Waals surface area contributed by atoms with E-state index in [-0.39, 0.29) is 5.92 Å². The molecule has 1 fully saturated rings. The Morgan fingerprint density at radius 1 is 1.56 bits per heavy atom. The van der Waals surface area contributed by atoms with E-state index in [1.807, 2.05) is 6.92 Å². The number of nitrogens with zero attached hydrogens (tertiary/aromatic N) is 3. The van der Waals surface area contributed by atoms with Crippen molar-refractivity contribution in [2.45, 2.75) is 26.8 Å². The Labute approximate surface area is 97.9 Å². The summed E-state index contributed by atoms with van der Waals surface area (Å²) in [6, 6.07) is 0.596. The zero-order valence-corrected chi connectivity index (χ0v) is 10.6. The lowest BCUT2D eigenvalue weighted by Gasteiger charge is -2.40. The average Bonchev–Trinajstić information content (AvgIpc) is 2.28. The van der Waals surface area contributed by atoms with Gasteiger partial charge in [-0.15, -0.1) is 0 Å². The van der Waals surface area contributed by atoms with Crippen LogP contribution >= 0.6 is 0 Å². The third-order valence-electron chi connectivity index (χ3n) is 3.41. The van der Waals surface area contributed by atoms with Gasteiger partial charge < -0.3 is 10.9 Å². The third-order valence-corrected chi connectivity index (χ3v) is 3.41. The molecule has 0 aromatic rings. The molecule has 0 radical (unpaired) electrons. The van der Waals surface area contributed by atoms with Gasteiger partial charge >= 0.3 is 0 Å². The van der Waals surface area contributed by atoms with Crippen molar-refractivity contribution < 1.29 is 5.21 Å². The van der Waals surface area contributed by atoms with Crippen LogP contribution in [0.1, 0.15) is 20.8 Å². The van der Waals surface area contributed by atoms with Gasteiger partial charge in [0.15, 0.2) is 0 Å². The van der Waals surface area contributed by atoms with Crippen LogP contribution in [0.15, 0.2) is 5.16 Å². The first-order chi connectivity index (χ1) is 7.58. The van der Waals surface area contributed by atoms with Crippen molar-refractivity contribution in [2.75, 3.05) is 32.7 Å². The van der Waals surface area contributed by atoms with E-state index in [9.17, 15) is 0 Å². The normalized spacial score (nSPS) is 26.9. The molecule has 0 spiro atoms. The number of nitrogens with two attached hydrogens (primary N) is 1. The molecule has 1 aliphatic rings. The Morgan fingerprint density at radius 3 is 2.75 bits per heavy atom. The summed E-state index contributed by atoms with van der Waals surface area (Å²) in [7, 11) is 0. The van der Waals surface area contributed by atoms with Crippen LogP contribution in [0.3, 0.4) is 0 Å². The molecule has 3 N–H and O–H groups in total. The highest BCUT2D eigenvalue weighted by Gasteiger charge is 2.23. The van der Waals surface area contributed by atoms with Crippen LogP contribution in [0.4, 0.5) is 0 Å².